The summed E-state index contributed by atoms with van der Waals surface area (Å²) in [6.07, 6.45) is 3.69. The molecule has 0 unspecified atom stereocenters. The van der Waals surface area contributed by atoms with E-state index in [0.29, 0.717) is 18.1 Å². The highest BCUT2D eigenvalue weighted by Gasteiger charge is 2.13. The number of imidazole rings is 1. The summed E-state index contributed by atoms with van der Waals surface area (Å²) in [5, 5.41) is 12.3. The summed E-state index contributed by atoms with van der Waals surface area (Å²) < 4.78 is 6.51. The summed E-state index contributed by atoms with van der Waals surface area (Å²) in [6, 6.07) is 7.82. The standard InChI is InChI=1S/C17H17N3O3/c1-11-18-16(17(22)20(11)7-8-23-12(2)21)10-14-9-13-5-3-4-6-15(13)19-14/h3-6,9-10,22H,7-8H2,1-2H3. The highest BCUT2D eigenvalue weighted by Crippen LogP contribution is 2.22. The van der Waals surface area contributed by atoms with Crippen LogP contribution in [-0.4, -0.2) is 27.2 Å². The molecule has 1 N–H and O–H groups in total. The molecule has 0 spiro atoms. The van der Waals surface area contributed by atoms with Gasteiger partial charge in [-0.3, -0.25) is 9.36 Å². The Morgan fingerprint density at radius 2 is 2.17 bits per heavy atom. The van der Waals surface area contributed by atoms with Gasteiger partial charge in [0, 0.05) is 12.1 Å². The lowest BCUT2D eigenvalue weighted by atomic mass is 10.2. The van der Waals surface area contributed by atoms with Crippen molar-refractivity contribution in [2.75, 3.05) is 6.61 Å². The minimum absolute atomic E-state index is 0.0432. The van der Waals surface area contributed by atoms with Gasteiger partial charge in [0.2, 0.25) is 5.88 Å². The SMILES string of the molecule is CC(=O)OCCn1c(C)nc(C=C2C=c3ccccc3=N2)c1O. The van der Waals surface area contributed by atoms with Crippen LogP contribution in [0.25, 0.3) is 12.2 Å². The topological polar surface area (TPSA) is 76.7 Å². The van der Waals surface area contributed by atoms with Crippen molar-refractivity contribution in [3.05, 3.63) is 52.1 Å². The van der Waals surface area contributed by atoms with Gasteiger partial charge in [0.15, 0.2) is 0 Å². The Kier molecular flexibility index (Phi) is 3.97. The Morgan fingerprint density at radius 3 is 2.91 bits per heavy atom. The highest BCUT2D eigenvalue weighted by atomic mass is 16.5. The highest BCUT2D eigenvalue weighted by molar-refractivity contribution is 5.66. The second kappa shape index (κ2) is 6.08. The van der Waals surface area contributed by atoms with Crippen LogP contribution in [0.4, 0.5) is 0 Å². The quantitative estimate of drug-likeness (QED) is 0.852. The van der Waals surface area contributed by atoms with Gasteiger partial charge in [-0.05, 0) is 25.1 Å². The van der Waals surface area contributed by atoms with Crippen LogP contribution in [0.5, 0.6) is 5.88 Å². The molecule has 0 fully saturated rings. The number of fused-ring (bicyclic) bond motifs is 1. The minimum Gasteiger partial charge on any atom is -0.493 e. The zero-order valence-electron chi connectivity index (χ0n) is 13.0. The first-order valence-electron chi connectivity index (χ1n) is 7.31. The van der Waals surface area contributed by atoms with Crippen molar-refractivity contribution in [3.8, 4) is 5.88 Å². The van der Waals surface area contributed by atoms with E-state index in [1.165, 1.54) is 6.92 Å². The van der Waals surface area contributed by atoms with Crippen molar-refractivity contribution in [2.24, 2.45) is 4.99 Å². The summed E-state index contributed by atoms with van der Waals surface area (Å²) in [4.78, 5) is 19.6. The molecular weight excluding hydrogens is 294 g/mol. The van der Waals surface area contributed by atoms with E-state index in [-0.39, 0.29) is 18.5 Å². The number of carbonyl (C=O) groups excluding carboxylic acids is 1. The number of aryl methyl sites for hydroxylation is 1. The third-order valence-corrected chi connectivity index (χ3v) is 3.55. The Bertz CT molecular complexity index is 873. The summed E-state index contributed by atoms with van der Waals surface area (Å²) in [5.41, 5.74) is 1.19. The number of rotatable bonds is 4. The third kappa shape index (κ3) is 3.15. The molecule has 0 atom stereocenters. The molecule has 1 aliphatic heterocycles. The van der Waals surface area contributed by atoms with Crippen molar-refractivity contribution >= 4 is 18.1 Å². The van der Waals surface area contributed by atoms with Crippen LogP contribution in [0.3, 0.4) is 0 Å². The van der Waals surface area contributed by atoms with Crippen molar-refractivity contribution in [1.29, 1.82) is 0 Å². The van der Waals surface area contributed by atoms with Gasteiger partial charge in [-0.25, -0.2) is 9.98 Å². The van der Waals surface area contributed by atoms with Crippen LogP contribution in [0, 0.1) is 6.92 Å². The molecule has 6 nitrogen and oxygen atoms in total. The van der Waals surface area contributed by atoms with Crippen molar-refractivity contribution in [3.63, 3.8) is 0 Å². The maximum atomic E-state index is 10.8. The maximum absolute atomic E-state index is 10.8. The van der Waals surface area contributed by atoms with Crippen LogP contribution in [0.1, 0.15) is 18.4 Å². The van der Waals surface area contributed by atoms with Gasteiger partial charge in [0.1, 0.15) is 18.1 Å². The Morgan fingerprint density at radius 1 is 1.39 bits per heavy atom. The van der Waals surface area contributed by atoms with Crippen LogP contribution in [-0.2, 0) is 16.1 Å². The molecule has 1 aromatic heterocycles. The van der Waals surface area contributed by atoms with E-state index in [2.05, 4.69) is 9.98 Å². The fraction of sp³-hybridized carbons (Fsp3) is 0.235. The fourth-order valence-electron chi connectivity index (χ4n) is 2.48. The zero-order chi connectivity index (χ0) is 16.4. The Balaban J connectivity index is 1.86. The fourth-order valence-corrected chi connectivity index (χ4v) is 2.48. The Labute approximate surface area is 133 Å². The van der Waals surface area contributed by atoms with Gasteiger partial charge in [-0.1, -0.05) is 18.2 Å². The first-order chi connectivity index (χ1) is 11.0. The number of hydrogen-bond acceptors (Lipinski definition) is 5. The monoisotopic (exact) mass is 311 g/mol. The number of carbonyl (C=O) groups is 1. The number of hydrogen-bond donors (Lipinski definition) is 1. The van der Waals surface area contributed by atoms with Crippen molar-refractivity contribution in [2.45, 2.75) is 20.4 Å². The average Bonchev–Trinajstić information content (AvgIpc) is 3.02. The number of benzene rings is 1. The normalized spacial score (nSPS) is 14.3. The van der Waals surface area contributed by atoms with Gasteiger partial charge in [0.25, 0.3) is 0 Å². The molecule has 0 aliphatic carbocycles. The number of nitrogens with zero attached hydrogens (tertiary/aromatic N) is 3. The van der Waals surface area contributed by atoms with Crippen LogP contribution >= 0.6 is 0 Å². The second-order valence-corrected chi connectivity index (χ2v) is 5.24. The maximum Gasteiger partial charge on any atom is 0.302 e. The molecule has 0 radical (unpaired) electrons. The summed E-state index contributed by atoms with van der Waals surface area (Å²) in [5.74, 6) is 0.348. The van der Waals surface area contributed by atoms with E-state index in [0.717, 1.165) is 16.3 Å². The first-order valence-corrected chi connectivity index (χ1v) is 7.31. The van der Waals surface area contributed by atoms with E-state index < -0.39 is 0 Å². The summed E-state index contributed by atoms with van der Waals surface area (Å²) >= 11 is 0. The molecule has 1 aromatic carbocycles. The molecule has 2 heterocycles. The molecule has 1 aliphatic rings. The molecule has 0 saturated carbocycles. The molecule has 3 rings (SSSR count). The van der Waals surface area contributed by atoms with Crippen LogP contribution in [0.15, 0.2) is 35.0 Å². The number of aromatic hydroxyl groups is 1. The van der Waals surface area contributed by atoms with Crippen LogP contribution < -0.4 is 10.6 Å². The van der Waals surface area contributed by atoms with Crippen molar-refractivity contribution in [1.82, 2.24) is 9.55 Å². The minimum atomic E-state index is -0.346. The first kappa shape index (κ1) is 15.0. The summed E-state index contributed by atoms with van der Waals surface area (Å²) in [6.45, 7) is 3.69. The number of ether oxygens (including phenoxy) is 1. The number of aromatic nitrogens is 2. The van der Waals surface area contributed by atoms with Gasteiger partial charge in [-0.2, -0.15) is 0 Å². The Hall–Kier alpha value is -2.89. The number of para-hydroxylation sites is 1. The largest absolute Gasteiger partial charge is 0.493 e. The van der Waals surface area contributed by atoms with E-state index in [1.54, 1.807) is 17.6 Å². The lowest BCUT2D eigenvalue weighted by Gasteiger charge is -2.06. The zero-order valence-corrected chi connectivity index (χ0v) is 13.0. The average molecular weight is 311 g/mol. The summed E-state index contributed by atoms with van der Waals surface area (Å²) in [7, 11) is 0. The number of esters is 1. The molecule has 6 heteroatoms. The molecule has 23 heavy (non-hydrogen) atoms. The lowest BCUT2D eigenvalue weighted by molar-refractivity contribution is -0.141. The molecule has 2 aromatic rings. The van der Waals surface area contributed by atoms with Gasteiger partial charge in [-0.15, -0.1) is 0 Å². The molecule has 0 saturated heterocycles. The molecule has 0 bridgehead atoms. The predicted octanol–water partition coefficient (Wildman–Crippen LogP) is 0.915. The number of allylic oxidation sites excluding steroid dienone is 1. The van der Waals surface area contributed by atoms with E-state index >= 15 is 0 Å². The smallest absolute Gasteiger partial charge is 0.302 e. The predicted molar refractivity (Wildman–Crippen MR) is 84.9 cm³/mol. The third-order valence-electron chi connectivity index (χ3n) is 3.55. The lowest BCUT2D eigenvalue weighted by Crippen LogP contribution is -2.19. The van der Waals surface area contributed by atoms with E-state index in [1.807, 2.05) is 30.3 Å². The second-order valence-electron chi connectivity index (χ2n) is 5.24. The van der Waals surface area contributed by atoms with Gasteiger partial charge in [0.05, 0.1) is 17.6 Å². The van der Waals surface area contributed by atoms with Crippen LogP contribution in [0.2, 0.25) is 0 Å². The van der Waals surface area contributed by atoms with E-state index in [4.69, 9.17) is 4.74 Å². The van der Waals surface area contributed by atoms with Crippen molar-refractivity contribution < 1.29 is 14.6 Å². The molecular formula is C17H17N3O3. The molecule has 0 amide bonds. The van der Waals surface area contributed by atoms with Gasteiger partial charge >= 0.3 is 5.97 Å². The molecule has 118 valence electrons. The van der Waals surface area contributed by atoms with Gasteiger partial charge < -0.3 is 9.84 Å². The van der Waals surface area contributed by atoms with E-state index in [9.17, 15) is 9.90 Å².